The molecule has 2 aromatic heterocycles. The number of imidazole rings is 1. The fourth-order valence-corrected chi connectivity index (χ4v) is 4.69. The third-order valence-electron chi connectivity index (χ3n) is 6.09. The third kappa shape index (κ3) is 5.14. The van der Waals surface area contributed by atoms with Crippen molar-refractivity contribution in [3.8, 4) is 11.3 Å². The third-order valence-corrected chi connectivity index (χ3v) is 6.31. The topological polar surface area (TPSA) is 63.4 Å². The molecular weight excluding hydrogens is 438 g/mol. The lowest BCUT2D eigenvalue weighted by Gasteiger charge is -2.34. The molecule has 8 heteroatoms. The summed E-state index contributed by atoms with van der Waals surface area (Å²) in [7, 11) is 1.77. The van der Waals surface area contributed by atoms with Gasteiger partial charge in [0, 0.05) is 63.8 Å². The van der Waals surface area contributed by atoms with E-state index in [9.17, 15) is 9.59 Å². The maximum Gasteiger partial charge on any atom is 0.330 e. The summed E-state index contributed by atoms with van der Waals surface area (Å²) in [5.41, 5.74) is 4.26. The molecule has 0 spiro atoms. The monoisotopic (exact) mass is 469 g/mol. The van der Waals surface area contributed by atoms with Crippen LogP contribution in [0.4, 0.5) is 0 Å². The van der Waals surface area contributed by atoms with E-state index in [0.29, 0.717) is 17.2 Å². The summed E-state index contributed by atoms with van der Waals surface area (Å²) >= 11 is 6.48. The number of piperazine rings is 1. The Hall–Kier alpha value is -2.64. The highest BCUT2D eigenvalue weighted by atomic mass is 35.5. The van der Waals surface area contributed by atoms with E-state index in [2.05, 4.69) is 31.7 Å². The molecule has 1 saturated heterocycles. The van der Waals surface area contributed by atoms with Crippen LogP contribution in [0.3, 0.4) is 0 Å². The van der Waals surface area contributed by atoms with Crippen LogP contribution >= 0.6 is 11.6 Å². The molecule has 4 rings (SSSR count). The molecule has 1 amide bonds. The van der Waals surface area contributed by atoms with E-state index in [4.69, 9.17) is 16.6 Å². The number of hydrogen-bond acceptors (Lipinski definition) is 4. The first kappa shape index (κ1) is 23.5. The van der Waals surface area contributed by atoms with Gasteiger partial charge >= 0.3 is 5.69 Å². The second-order valence-electron chi connectivity index (χ2n) is 10.2. The van der Waals surface area contributed by atoms with Crippen molar-refractivity contribution < 1.29 is 4.79 Å². The van der Waals surface area contributed by atoms with E-state index in [1.54, 1.807) is 23.1 Å². The van der Waals surface area contributed by atoms with E-state index in [1.165, 1.54) is 0 Å². The van der Waals surface area contributed by atoms with Gasteiger partial charge in [0.15, 0.2) is 5.65 Å². The standard InChI is InChI=1S/C25H32ClN5O2/c1-17(32)30-10-8-29(9-11-30)15-18-12-19(14-20(26)13-18)21-6-7-22-23(27-21)28(5)24(33)31(22)16-25(2,3)4/h6-7,12-14H,8-11,15-16H2,1-5H3. The van der Waals surface area contributed by atoms with E-state index >= 15 is 0 Å². The lowest BCUT2D eigenvalue weighted by Crippen LogP contribution is -2.47. The van der Waals surface area contributed by atoms with Crippen LogP contribution < -0.4 is 5.69 Å². The Morgan fingerprint density at radius 1 is 1.09 bits per heavy atom. The molecule has 0 saturated carbocycles. The average Bonchev–Trinajstić information content (AvgIpc) is 2.97. The van der Waals surface area contributed by atoms with Crippen LogP contribution in [-0.4, -0.2) is 56.0 Å². The number of pyridine rings is 1. The number of halogens is 1. The Bertz CT molecular complexity index is 1250. The van der Waals surface area contributed by atoms with Gasteiger partial charge in [-0.3, -0.25) is 18.8 Å². The first-order valence-corrected chi connectivity index (χ1v) is 11.7. The second kappa shape index (κ2) is 8.95. The van der Waals surface area contributed by atoms with Crippen molar-refractivity contribution in [2.45, 2.75) is 40.8 Å². The number of hydrogen-bond donors (Lipinski definition) is 0. The second-order valence-corrected chi connectivity index (χ2v) is 10.6. The van der Waals surface area contributed by atoms with Gasteiger partial charge in [-0.05, 0) is 41.3 Å². The summed E-state index contributed by atoms with van der Waals surface area (Å²) in [5, 5.41) is 0.658. The van der Waals surface area contributed by atoms with Gasteiger partial charge in [-0.25, -0.2) is 9.78 Å². The molecular formula is C25H32ClN5O2. The number of carbonyl (C=O) groups is 1. The van der Waals surface area contributed by atoms with Gasteiger partial charge in [-0.1, -0.05) is 32.4 Å². The van der Waals surface area contributed by atoms with Gasteiger partial charge in [-0.15, -0.1) is 0 Å². The molecule has 176 valence electrons. The van der Waals surface area contributed by atoms with Crippen molar-refractivity contribution in [3.63, 3.8) is 0 Å². The van der Waals surface area contributed by atoms with Crippen molar-refractivity contribution in [1.82, 2.24) is 23.9 Å². The number of carbonyl (C=O) groups excluding carboxylic acids is 1. The Morgan fingerprint density at radius 2 is 1.79 bits per heavy atom. The highest BCUT2D eigenvalue weighted by Crippen LogP contribution is 2.27. The molecule has 3 heterocycles. The zero-order valence-electron chi connectivity index (χ0n) is 20.1. The zero-order chi connectivity index (χ0) is 23.9. The predicted molar refractivity (Wildman–Crippen MR) is 132 cm³/mol. The van der Waals surface area contributed by atoms with Crippen LogP contribution in [-0.2, 0) is 24.9 Å². The predicted octanol–water partition coefficient (Wildman–Crippen LogP) is 3.77. The van der Waals surface area contributed by atoms with Crippen molar-refractivity contribution >= 4 is 28.7 Å². The van der Waals surface area contributed by atoms with Gasteiger partial charge in [-0.2, -0.15) is 0 Å². The van der Waals surface area contributed by atoms with Gasteiger partial charge in [0.1, 0.15) is 0 Å². The first-order valence-electron chi connectivity index (χ1n) is 11.4. The molecule has 0 unspecified atom stereocenters. The van der Waals surface area contributed by atoms with Crippen LogP contribution in [0.25, 0.3) is 22.4 Å². The Morgan fingerprint density at radius 3 is 2.42 bits per heavy atom. The highest BCUT2D eigenvalue weighted by molar-refractivity contribution is 6.31. The summed E-state index contributed by atoms with van der Waals surface area (Å²) in [6.07, 6.45) is 0. The molecule has 33 heavy (non-hydrogen) atoms. The normalized spacial score (nSPS) is 15.4. The molecule has 1 aliphatic rings. The lowest BCUT2D eigenvalue weighted by molar-refractivity contribution is -0.130. The first-order chi connectivity index (χ1) is 15.5. The van der Waals surface area contributed by atoms with E-state index in [-0.39, 0.29) is 17.0 Å². The molecule has 7 nitrogen and oxygen atoms in total. The quantitative estimate of drug-likeness (QED) is 0.583. The fourth-order valence-electron chi connectivity index (χ4n) is 4.43. The van der Waals surface area contributed by atoms with Crippen LogP contribution in [0, 0.1) is 5.41 Å². The van der Waals surface area contributed by atoms with Gasteiger partial charge in [0.2, 0.25) is 5.91 Å². The highest BCUT2D eigenvalue weighted by Gasteiger charge is 2.20. The van der Waals surface area contributed by atoms with E-state index in [1.807, 2.05) is 29.2 Å². The maximum absolute atomic E-state index is 12.8. The Kier molecular flexibility index (Phi) is 6.38. The van der Waals surface area contributed by atoms with Gasteiger partial charge < -0.3 is 4.90 Å². The zero-order valence-corrected chi connectivity index (χ0v) is 20.8. The van der Waals surface area contributed by atoms with E-state index < -0.39 is 0 Å². The smallest absolute Gasteiger partial charge is 0.330 e. The van der Waals surface area contributed by atoms with Crippen molar-refractivity contribution in [1.29, 1.82) is 0 Å². The molecule has 1 aliphatic heterocycles. The molecule has 0 radical (unpaired) electrons. The van der Waals surface area contributed by atoms with Crippen LogP contribution in [0.1, 0.15) is 33.3 Å². The summed E-state index contributed by atoms with van der Waals surface area (Å²) < 4.78 is 3.42. The van der Waals surface area contributed by atoms with Crippen LogP contribution in [0.15, 0.2) is 35.1 Å². The summed E-state index contributed by atoms with van der Waals surface area (Å²) in [5.74, 6) is 0.131. The largest absolute Gasteiger partial charge is 0.340 e. The molecule has 0 aliphatic carbocycles. The van der Waals surface area contributed by atoms with Crippen molar-refractivity contribution in [2.24, 2.45) is 12.5 Å². The van der Waals surface area contributed by atoms with Crippen molar-refractivity contribution in [3.05, 3.63) is 51.4 Å². The number of fused-ring (bicyclic) bond motifs is 1. The molecule has 3 aromatic rings. The van der Waals surface area contributed by atoms with Crippen LogP contribution in [0.5, 0.6) is 0 Å². The SMILES string of the molecule is CC(=O)N1CCN(Cc2cc(Cl)cc(-c3ccc4c(n3)n(C)c(=O)n4CC(C)(C)C)c2)CC1. The number of benzene rings is 1. The lowest BCUT2D eigenvalue weighted by atomic mass is 9.97. The van der Waals surface area contributed by atoms with Gasteiger partial charge in [0.05, 0.1) is 11.2 Å². The van der Waals surface area contributed by atoms with Gasteiger partial charge in [0.25, 0.3) is 0 Å². The average molecular weight is 470 g/mol. The minimum Gasteiger partial charge on any atom is -0.340 e. The molecule has 0 N–H and O–H groups in total. The minimum absolute atomic E-state index is 0.0193. The molecule has 0 atom stereocenters. The number of aromatic nitrogens is 3. The molecule has 1 aromatic carbocycles. The number of amides is 1. The number of aryl methyl sites for hydroxylation is 1. The summed E-state index contributed by atoms with van der Waals surface area (Å²) in [6, 6.07) is 9.95. The van der Waals surface area contributed by atoms with E-state index in [0.717, 1.165) is 55.1 Å². The molecule has 1 fully saturated rings. The summed E-state index contributed by atoms with van der Waals surface area (Å²) in [6.45, 7) is 12.6. The minimum atomic E-state index is -0.0546. The summed E-state index contributed by atoms with van der Waals surface area (Å²) in [4.78, 5) is 33.5. The Labute approximate surface area is 199 Å². The number of nitrogens with zero attached hydrogens (tertiary/aromatic N) is 5. The fraction of sp³-hybridized carbons (Fsp3) is 0.480. The number of rotatable bonds is 4. The molecule has 0 bridgehead atoms. The van der Waals surface area contributed by atoms with Crippen LogP contribution in [0.2, 0.25) is 5.02 Å². The maximum atomic E-state index is 12.8. The van der Waals surface area contributed by atoms with Crippen molar-refractivity contribution in [2.75, 3.05) is 26.2 Å². The Balaban J connectivity index is 1.62.